The zero-order valence-electron chi connectivity index (χ0n) is 14.7. The summed E-state index contributed by atoms with van der Waals surface area (Å²) in [5.41, 5.74) is 0.918. The van der Waals surface area contributed by atoms with Crippen molar-refractivity contribution in [1.82, 2.24) is 10.3 Å². The molecule has 7 heteroatoms. The summed E-state index contributed by atoms with van der Waals surface area (Å²) < 4.78 is 11.8. The van der Waals surface area contributed by atoms with Gasteiger partial charge in [0, 0.05) is 17.0 Å². The highest BCUT2D eigenvalue weighted by Crippen LogP contribution is 2.54. The minimum Gasteiger partial charge on any atom is -0.377 e. The fraction of sp³-hybridized carbons (Fsp3) is 0.474. The Labute approximate surface area is 162 Å². The normalized spacial score (nSPS) is 26.2. The average Bonchev–Trinajstić information content (AvgIpc) is 3.17. The van der Waals surface area contributed by atoms with Crippen LogP contribution in [-0.2, 0) is 20.9 Å². The molecule has 6 nitrogen and oxygen atoms in total. The lowest BCUT2D eigenvalue weighted by Crippen LogP contribution is -2.38. The van der Waals surface area contributed by atoms with E-state index in [0.717, 1.165) is 18.4 Å². The quantitative estimate of drug-likeness (QED) is 0.345. The number of pyridine rings is 1. The molecule has 140 valence electrons. The van der Waals surface area contributed by atoms with Crippen LogP contribution in [0.3, 0.4) is 0 Å². The molecule has 3 rings (SSSR count). The number of rotatable bonds is 10. The fourth-order valence-electron chi connectivity index (χ4n) is 3.39. The molecule has 1 saturated heterocycles. The van der Waals surface area contributed by atoms with E-state index in [1.165, 1.54) is 0 Å². The Morgan fingerprint density at radius 3 is 2.88 bits per heavy atom. The Morgan fingerprint density at radius 2 is 2.12 bits per heavy atom. The summed E-state index contributed by atoms with van der Waals surface area (Å²) in [6.45, 7) is 9.31. The van der Waals surface area contributed by atoms with Crippen molar-refractivity contribution in [3.05, 3.63) is 47.6 Å². The van der Waals surface area contributed by atoms with E-state index in [1.54, 1.807) is 12.2 Å². The maximum atomic E-state index is 12.7. The second-order valence-corrected chi connectivity index (χ2v) is 7.59. The first-order chi connectivity index (χ1) is 12.6. The summed E-state index contributed by atoms with van der Waals surface area (Å²) in [5, 5.41) is 6.34. The Hall–Kier alpha value is -1.54. The molecule has 1 aromatic rings. The van der Waals surface area contributed by atoms with Crippen LogP contribution in [0.15, 0.2) is 42.0 Å². The van der Waals surface area contributed by atoms with Crippen LogP contribution in [0, 0.1) is 5.41 Å². The van der Waals surface area contributed by atoms with Crippen molar-refractivity contribution in [3.8, 4) is 0 Å². The highest BCUT2D eigenvalue weighted by Gasteiger charge is 2.61. The van der Waals surface area contributed by atoms with Crippen molar-refractivity contribution < 1.29 is 14.3 Å². The zero-order chi connectivity index (χ0) is 18.6. The van der Waals surface area contributed by atoms with Crippen LogP contribution in [0.1, 0.15) is 18.4 Å². The lowest BCUT2D eigenvalue weighted by molar-refractivity contribution is -0.118. The first kappa shape index (κ1) is 19.2. The molecular formula is C19H24BrN3O3. The Morgan fingerprint density at radius 1 is 1.35 bits per heavy atom. The minimum absolute atomic E-state index is 0.0733. The monoisotopic (exact) mass is 421 g/mol. The van der Waals surface area contributed by atoms with Gasteiger partial charge < -0.3 is 20.1 Å². The standard InChI is InChI=1S/C19H24BrN3O3/c1-3-7-25-11-13-5-6-16(20)22-17(13)23-18(24)14-9-19(10-15(19)21-14)12-26-8-4-2/h3-6,14-15,21H,1-2,7-12H2,(H,22,23,24)/t14-,15-,19+/m0/s1. The number of halogens is 1. The van der Waals surface area contributed by atoms with Crippen LogP contribution in [-0.4, -0.2) is 42.8 Å². The van der Waals surface area contributed by atoms with Crippen molar-refractivity contribution >= 4 is 27.7 Å². The molecule has 3 atom stereocenters. The third kappa shape index (κ3) is 4.40. The molecule has 1 saturated carbocycles. The van der Waals surface area contributed by atoms with Gasteiger partial charge in [0.1, 0.15) is 10.4 Å². The highest BCUT2D eigenvalue weighted by atomic mass is 79.9. The van der Waals surface area contributed by atoms with Crippen LogP contribution in [0.5, 0.6) is 0 Å². The molecule has 2 heterocycles. The number of fused-ring (bicyclic) bond motifs is 1. The van der Waals surface area contributed by atoms with Crippen molar-refractivity contribution in [2.45, 2.75) is 31.5 Å². The first-order valence-corrected chi connectivity index (χ1v) is 9.47. The second-order valence-electron chi connectivity index (χ2n) is 6.78. The van der Waals surface area contributed by atoms with E-state index in [4.69, 9.17) is 9.47 Å². The number of nitrogens with one attached hydrogen (secondary N) is 2. The Bertz CT molecular complexity index is 697. The van der Waals surface area contributed by atoms with Gasteiger partial charge in [-0.2, -0.15) is 0 Å². The van der Waals surface area contributed by atoms with Crippen molar-refractivity contribution in [1.29, 1.82) is 0 Å². The summed E-state index contributed by atoms with van der Waals surface area (Å²) in [6.07, 6.45) is 5.27. The summed E-state index contributed by atoms with van der Waals surface area (Å²) in [6, 6.07) is 3.84. The molecule has 1 aliphatic carbocycles. The van der Waals surface area contributed by atoms with E-state index < -0.39 is 0 Å². The SMILES string of the molecule is C=CCOCc1ccc(Br)nc1NC(=O)[C@@H]1C[C@]2(COCC=C)C[C@@H]2N1. The van der Waals surface area contributed by atoms with Crippen LogP contribution < -0.4 is 10.6 Å². The van der Waals surface area contributed by atoms with Gasteiger partial charge >= 0.3 is 0 Å². The molecule has 0 bridgehead atoms. The molecule has 2 fully saturated rings. The van der Waals surface area contributed by atoms with Crippen LogP contribution in [0.4, 0.5) is 5.82 Å². The number of carbonyl (C=O) groups excluding carboxylic acids is 1. The molecule has 1 aliphatic heterocycles. The second kappa shape index (κ2) is 8.43. The van der Waals surface area contributed by atoms with Crippen molar-refractivity contribution in [2.75, 3.05) is 25.1 Å². The van der Waals surface area contributed by atoms with Crippen molar-refractivity contribution in [3.63, 3.8) is 0 Å². The number of hydrogen-bond acceptors (Lipinski definition) is 5. The summed E-state index contributed by atoms with van der Waals surface area (Å²) in [5.74, 6) is 0.448. The topological polar surface area (TPSA) is 72.5 Å². The van der Waals surface area contributed by atoms with E-state index in [2.05, 4.69) is 44.7 Å². The third-order valence-corrected chi connectivity index (χ3v) is 5.27. The fourth-order valence-corrected chi connectivity index (χ4v) is 3.70. The number of hydrogen-bond donors (Lipinski definition) is 2. The maximum absolute atomic E-state index is 12.7. The molecule has 0 spiro atoms. The first-order valence-electron chi connectivity index (χ1n) is 8.67. The Balaban J connectivity index is 1.59. The van der Waals surface area contributed by atoms with Gasteiger partial charge in [-0.15, -0.1) is 13.2 Å². The van der Waals surface area contributed by atoms with E-state index in [1.807, 2.05) is 12.1 Å². The van der Waals surface area contributed by atoms with Gasteiger partial charge in [-0.05, 0) is 34.8 Å². The van der Waals surface area contributed by atoms with Crippen LogP contribution in [0.25, 0.3) is 0 Å². The van der Waals surface area contributed by atoms with Gasteiger partial charge in [0.05, 0.1) is 32.5 Å². The van der Waals surface area contributed by atoms with E-state index >= 15 is 0 Å². The molecule has 0 radical (unpaired) electrons. The molecule has 2 aliphatic rings. The summed E-state index contributed by atoms with van der Waals surface area (Å²) in [7, 11) is 0. The molecule has 0 unspecified atom stereocenters. The summed E-state index contributed by atoms with van der Waals surface area (Å²) >= 11 is 3.35. The van der Waals surface area contributed by atoms with Gasteiger partial charge in [-0.1, -0.05) is 18.2 Å². The molecule has 2 N–H and O–H groups in total. The number of nitrogens with zero attached hydrogens (tertiary/aromatic N) is 1. The van der Waals surface area contributed by atoms with Crippen LogP contribution in [0.2, 0.25) is 0 Å². The smallest absolute Gasteiger partial charge is 0.242 e. The van der Waals surface area contributed by atoms with Gasteiger partial charge in [0.2, 0.25) is 5.91 Å². The predicted molar refractivity (Wildman–Crippen MR) is 104 cm³/mol. The number of aromatic nitrogens is 1. The van der Waals surface area contributed by atoms with E-state index in [-0.39, 0.29) is 17.4 Å². The number of amides is 1. The van der Waals surface area contributed by atoms with E-state index in [0.29, 0.717) is 42.9 Å². The lowest BCUT2D eigenvalue weighted by Gasteiger charge is -2.17. The maximum Gasteiger partial charge on any atom is 0.242 e. The van der Waals surface area contributed by atoms with Gasteiger partial charge in [0.25, 0.3) is 0 Å². The number of ether oxygens (including phenoxy) is 2. The van der Waals surface area contributed by atoms with Gasteiger partial charge in [-0.3, -0.25) is 4.79 Å². The number of anilines is 1. The Kier molecular flexibility index (Phi) is 6.24. The highest BCUT2D eigenvalue weighted by molar-refractivity contribution is 9.10. The minimum atomic E-state index is -0.233. The zero-order valence-corrected chi connectivity index (χ0v) is 16.3. The summed E-state index contributed by atoms with van der Waals surface area (Å²) in [4.78, 5) is 17.1. The lowest BCUT2D eigenvalue weighted by atomic mass is 10.0. The number of carbonyl (C=O) groups is 1. The predicted octanol–water partition coefficient (Wildman–Crippen LogP) is 2.81. The molecule has 1 aromatic heterocycles. The number of piperidine rings is 1. The molecule has 1 amide bonds. The van der Waals surface area contributed by atoms with Crippen LogP contribution >= 0.6 is 15.9 Å². The largest absolute Gasteiger partial charge is 0.377 e. The molecule has 26 heavy (non-hydrogen) atoms. The van der Waals surface area contributed by atoms with Crippen molar-refractivity contribution in [2.24, 2.45) is 5.41 Å². The molecule has 0 aromatic carbocycles. The average molecular weight is 422 g/mol. The molecular weight excluding hydrogens is 398 g/mol. The van der Waals surface area contributed by atoms with Gasteiger partial charge in [0.15, 0.2) is 0 Å². The third-order valence-electron chi connectivity index (χ3n) is 4.82. The van der Waals surface area contributed by atoms with Gasteiger partial charge in [-0.25, -0.2) is 4.98 Å². The van der Waals surface area contributed by atoms with E-state index in [9.17, 15) is 4.79 Å².